The van der Waals surface area contributed by atoms with Crippen molar-refractivity contribution >= 4 is 29.2 Å². The molecule has 0 amide bonds. The van der Waals surface area contributed by atoms with Crippen molar-refractivity contribution in [1.82, 2.24) is 0 Å². The number of carbonyl (C=O) groups is 1. The standard InChI is InChI=1S/C22H18Cl2FNO3/c1-21(2)18(11-19(23)24)22(21,20(27)28)15(12-26)13-8-9-16(25)17(10-13)29-14-6-4-3-5-7-14/h3-11,15,18H,1-2H3,(H,27,28)/t15-,18?,22+/m0/s1. The number of hydrogen-bond donors (Lipinski definition) is 1. The van der Waals surface area contributed by atoms with Crippen LogP contribution in [-0.2, 0) is 4.79 Å². The molecule has 1 unspecified atom stereocenters. The molecule has 1 aliphatic rings. The first-order valence-corrected chi connectivity index (χ1v) is 9.60. The van der Waals surface area contributed by atoms with Crippen molar-refractivity contribution in [3.63, 3.8) is 0 Å². The van der Waals surface area contributed by atoms with E-state index < -0.39 is 34.5 Å². The molecular weight excluding hydrogens is 416 g/mol. The van der Waals surface area contributed by atoms with E-state index >= 15 is 0 Å². The molecule has 3 atom stereocenters. The largest absolute Gasteiger partial charge is 0.481 e. The Balaban J connectivity index is 2.06. The summed E-state index contributed by atoms with van der Waals surface area (Å²) in [5.74, 6) is -3.05. The van der Waals surface area contributed by atoms with E-state index in [1.54, 1.807) is 44.2 Å². The van der Waals surface area contributed by atoms with Gasteiger partial charge in [-0.15, -0.1) is 0 Å². The van der Waals surface area contributed by atoms with Gasteiger partial charge in [-0.25, -0.2) is 4.39 Å². The van der Waals surface area contributed by atoms with Gasteiger partial charge in [-0.2, -0.15) is 5.26 Å². The Morgan fingerprint density at radius 2 is 1.93 bits per heavy atom. The summed E-state index contributed by atoms with van der Waals surface area (Å²) in [6.45, 7) is 3.49. The second-order valence-corrected chi connectivity index (χ2v) is 8.50. The Labute approximate surface area is 178 Å². The van der Waals surface area contributed by atoms with Crippen LogP contribution in [-0.4, -0.2) is 11.1 Å². The Morgan fingerprint density at radius 1 is 1.28 bits per heavy atom. The lowest BCUT2D eigenvalue weighted by Crippen LogP contribution is -2.28. The van der Waals surface area contributed by atoms with Crippen LogP contribution in [0, 0.1) is 33.9 Å². The highest BCUT2D eigenvalue weighted by Crippen LogP contribution is 2.75. The fourth-order valence-corrected chi connectivity index (χ4v) is 4.47. The molecule has 1 aliphatic carbocycles. The lowest BCUT2D eigenvalue weighted by Gasteiger charge is -2.22. The molecule has 0 aliphatic heterocycles. The minimum Gasteiger partial charge on any atom is -0.481 e. The van der Waals surface area contributed by atoms with Gasteiger partial charge in [-0.1, -0.05) is 61.3 Å². The molecule has 150 valence electrons. The average molecular weight is 434 g/mol. The van der Waals surface area contributed by atoms with Gasteiger partial charge in [0.25, 0.3) is 0 Å². The number of ether oxygens (including phenoxy) is 1. The second kappa shape index (κ2) is 7.70. The SMILES string of the molecule is CC1(C)C(C=C(Cl)Cl)[C@@]1(C(=O)O)[C@@H](C#N)c1ccc(F)c(Oc2ccccc2)c1. The van der Waals surface area contributed by atoms with Crippen LogP contribution in [0.25, 0.3) is 0 Å². The Morgan fingerprint density at radius 3 is 2.48 bits per heavy atom. The molecule has 3 rings (SSSR count). The van der Waals surface area contributed by atoms with Crippen molar-refractivity contribution in [2.24, 2.45) is 16.7 Å². The van der Waals surface area contributed by atoms with Gasteiger partial charge < -0.3 is 9.84 Å². The van der Waals surface area contributed by atoms with Gasteiger partial charge >= 0.3 is 5.97 Å². The molecule has 0 aromatic heterocycles. The third-order valence-corrected chi connectivity index (χ3v) is 5.99. The summed E-state index contributed by atoms with van der Waals surface area (Å²) in [4.78, 5) is 12.3. The van der Waals surface area contributed by atoms with Gasteiger partial charge in [-0.05, 0) is 41.3 Å². The number of hydrogen-bond acceptors (Lipinski definition) is 3. The summed E-state index contributed by atoms with van der Waals surface area (Å²) in [6.07, 6.45) is 1.45. The summed E-state index contributed by atoms with van der Waals surface area (Å²) in [5.41, 5.74) is -1.90. The third kappa shape index (κ3) is 3.48. The fraction of sp³-hybridized carbons (Fsp3) is 0.273. The van der Waals surface area contributed by atoms with Crippen LogP contribution < -0.4 is 4.74 Å². The number of carboxylic acid groups (broad SMARTS) is 1. The van der Waals surface area contributed by atoms with E-state index in [1.807, 2.05) is 0 Å². The molecule has 29 heavy (non-hydrogen) atoms. The van der Waals surface area contributed by atoms with Crippen molar-refractivity contribution < 1.29 is 19.0 Å². The Bertz CT molecular complexity index is 1010. The van der Waals surface area contributed by atoms with Crippen LogP contribution in [0.1, 0.15) is 25.3 Å². The molecule has 7 heteroatoms. The van der Waals surface area contributed by atoms with Crippen LogP contribution in [0.3, 0.4) is 0 Å². The van der Waals surface area contributed by atoms with E-state index in [0.717, 1.165) is 0 Å². The fourth-order valence-electron chi connectivity index (χ4n) is 4.22. The molecule has 0 radical (unpaired) electrons. The number of allylic oxidation sites excluding steroid dienone is 1. The van der Waals surface area contributed by atoms with Crippen molar-refractivity contribution in [2.45, 2.75) is 19.8 Å². The summed E-state index contributed by atoms with van der Waals surface area (Å²) < 4.78 is 19.9. The van der Waals surface area contributed by atoms with Gasteiger partial charge in [-0.3, -0.25) is 4.79 Å². The van der Waals surface area contributed by atoms with Crippen LogP contribution in [0.15, 0.2) is 59.1 Å². The molecule has 2 aromatic carbocycles. The third-order valence-electron chi connectivity index (χ3n) is 5.74. The van der Waals surface area contributed by atoms with E-state index in [9.17, 15) is 19.6 Å². The second-order valence-electron chi connectivity index (χ2n) is 7.50. The van der Waals surface area contributed by atoms with Crippen molar-refractivity contribution in [3.8, 4) is 17.6 Å². The van der Waals surface area contributed by atoms with Crippen molar-refractivity contribution in [3.05, 3.63) is 70.5 Å². The van der Waals surface area contributed by atoms with Crippen LogP contribution in [0.4, 0.5) is 4.39 Å². The quantitative estimate of drug-likeness (QED) is 0.582. The number of para-hydroxylation sites is 1. The number of nitriles is 1. The topological polar surface area (TPSA) is 70.3 Å². The molecular formula is C22H18Cl2FNO3. The first kappa shape index (κ1) is 21.2. The number of carboxylic acids is 1. The minimum absolute atomic E-state index is 0.0601. The van der Waals surface area contributed by atoms with Gasteiger partial charge in [0.1, 0.15) is 15.7 Å². The van der Waals surface area contributed by atoms with Gasteiger partial charge in [0.05, 0.1) is 12.0 Å². The first-order chi connectivity index (χ1) is 13.7. The summed E-state index contributed by atoms with van der Waals surface area (Å²) in [6, 6.07) is 14.7. The zero-order valence-electron chi connectivity index (χ0n) is 15.7. The Kier molecular flexibility index (Phi) is 5.62. The molecule has 1 saturated carbocycles. The average Bonchev–Trinajstić information content (AvgIpc) is 3.14. The highest BCUT2D eigenvalue weighted by Gasteiger charge is 2.78. The maximum absolute atomic E-state index is 14.3. The molecule has 0 bridgehead atoms. The van der Waals surface area contributed by atoms with Crippen molar-refractivity contribution in [2.75, 3.05) is 0 Å². The van der Waals surface area contributed by atoms with Crippen LogP contribution in [0.2, 0.25) is 0 Å². The number of benzene rings is 2. The van der Waals surface area contributed by atoms with Gasteiger partial charge in [0.2, 0.25) is 0 Å². The minimum atomic E-state index is -1.46. The van der Waals surface area contributed by atoms with E-state index in [4.69, 9.17) is 27.9 Å². The predicted octanol–water partition coefficient (Wildman–Crippen LogP) is 6.27. The smallest absolute Gasteiger partial charge is 0.312 e. The first-order valence-electron chi connectivity index (χ1n) is 8.84. The summed E-state index contributed by atoms with van der Waals surface area (Å²) in [7, 11) is 0. The molecule has 0 spiro atoms. The monoisotopic (exact) mass is 433 g/mol. The molecule has 2 aromatic rings. The van der Waals surface area contributed by atoms with E-state index in [-0.39, 0.29) is 10.2 Å². The zero-order chi connectivity index (χ0) is 21.4. The van der Waals surface area contributed by atoms with Crippen LogP contribution >= 0.6 is 23.2 Å². The van der Waals surface area contributed by atoms with E-state index in [2.05, 4.69) is 6.07 Å². The summed E-state index contributed by atoms with van der Waals surface area (Å²) >= 11 is 11.6. The normalized spacial score (nSPS) is 22.8. The predicted molar refractivity (Wildman–Crippen MR) is 108 cm³/mol. The Hall–Kier alpha value is -2.55. The molecule has 1 fully saturated rings. The molecule has 0 saturated heterocycles. The van der Waals surface area contributed by atoms with Crippen LogP contribution in [0.5, 0.6) is 11.5 Å². The molecule has 0 heterocycles. The highest BCUT2D eigenvalue weighted by molar-refractivity contribution is 6.55. The number of halogens is 3. The number of rotatable bonds is 6. The summed E-state index contributed by atoms with van der Waals surface area (Å²) in [5, 5.41) is 20.0. The zero-order valence-corrected chi connectivity index (χ0v) is 17.2. The lowest BCUT2D eigenvalue weighted by molar-refractivity contribution is -0.145. The molecule has 4 nitrogen and oxygen atoms in total. The number of aliphatic carboxylic acids is 1. The van der Waals surface area contributed by atoms with Crippen molar-refractivity contribution in [1.29, 1.82) is 5.26 Å². The lowest BCUT2D eigenvalue weighted by atomic mass is 9.78. The maximum atomic E-state index is 14.3. The van der Waals surface area contributed by atoms with Gasteiger partial charge in [0, 0.05) is 5.92 Å². The van der Waals surface area contributed by atoms with Gasteiger partial charge in [0.15, 0.2) is 11.6 Å². The van der Waals surface area contributed by atoms with E-state index in [0.29, 0.717) is 11.3 Å². The molecule has 1 N–H and O–H groups in total. The maximum Gasteiger partial charge on any atom is 0.312 e. The number of nitrogens with zero attached hydrogens (tertiary/aromatic N) is 1. The van der Waals surface area contributed by atoms with E-state index in [1.165, 1.54) is 24.3 Å². The highest BCUT2D eigenvalue weighted by atomic mass is 35.5.